The number of hydrogen-bond donors (Lipinski definition) is 3. The van der Waals surface area contributed by atoms with Crippen molar-refractivity contribution in [2.45, 2.75) is 94.6 Å². The fourth-order valence-electron chi connectivity index (χ4n) is 10.8. The number of nitrogens with one attached hydrogen (secondary N) is 3. The van der Waals surface area contributed by atoms with Gasteiger partial charge in [0.15, 0.2) is 18.2 Å². The van der Waals surface area contributed by atoms with Gasteiger partial charge in [-0.25, -0.2) is 13.8 Å². The summed E-state index contributed by atoms with van der Waals surface area (Å²) in [4.78, 5) is 16.4. The summed E-state index contributed by atoms with van der Waals surface area (Å²) in [5, 5.41) is 16.6. The van der Waals surface area contributed by atoms with Crippen LogP contribution in [0.1, 0.15) is 93.9 Å². The van der Waals surface area contributed by atoms with Crippen LogP contribution in [0.25, 0.3) is 16.6 Å². The highest BCUT2D eigenvalue weighted by molar-refractivity contribution is 6.32. The second kappa shape index (κ2) is 15.8. The predicted molar refractivity (Wildman–Crippen MR) is 248 cm³/mol. The van der Waals surface area contributed by atoms with Crippen LogP contribution < -0.4 is 25.8 Å². The molecular weight excluding hydrogens is 818 g/mol. The molecule has 4 fully saturated rings. The van der Waals surface area contributed by atoms with Crippen molar-refractivity contribution in [3.63, 3.8) is 0 Å². The van der Waals surface area contributed by atoms with Gasteiger partial charge in [-0.3, -0.25) is 9.58 Å². The number of nitrogens with zero attached hydrogens (tertiary/aromatic N) is 7. The molecule has 2 aromatic heterocycles. The molecule has 0 amide bonds. The Balaban J connectivity index is 0.775. The number of piperidine rings is 3. The standard InChI is InChI=1S/C49H59ClF2N10O/c1-28-8-13-36(29(2)54-28)42-37-14-11-33(22-41(37)60(7)58-42)34-18-21-62(48(4,5)24-34)26-31-16-19-61(20-17-31)47-53-25-39(50)46(57-47)55-35-12-15-40-38(23-35)43-44(30(3)59(40)6)63-27-49(51,52)45(56-43)32-9-10-32/h11-12,14-15,22-23,25,31-32,34,36,45,54,56H,1-3,8-10,13,16-21,24,26-27H2,4-7H3,(H,53,55,57)/t34-,36?,45?/m0/s1. The smallest absolute Gasteiger partial charge is 0.301 e. The molecule has 63 heavy (non-hydrogen) atoms. The van der Waals surface area contributed by atoms with Crippen molar-refractivity contribution < 1.29 is 13.5 Å². The number of anilines is 4. The lowest BCUT2D eigenvalue weighted by atomic mass is 9.78. The first-order valence-corrected chi connectivity index (χ1v) is 23.0. The van der Waals surface area contributed by atoms with Crippen molar-refractivity contribution >= 4 is 51.3 Å². The number of alkyl halides is 2. The van der Waals surface area contributed by atoms with Gasteiger partial charge >= 0.3 is 5.92 Å². The van der Waals surface area contributed by atoms with Crippen LogP contribution in [0.4, 0.5) is 31.9 Å². The number of ether oxygens (including phenoxy) is 1. The molecule has 1 aliphatic carbocycles. The van der Waals surface area contributed by atoms with Crippen LogP contribution >= 0.6 is 11.6 Å². The van der Waals surface area contributed by atoms with Gasteiger partial charge in [0.1, 0.15) is 5.02 Å². The topological polar surface area (TPSA) is 98.6 Å². The highest BCUT2D eigenvalue weighted by Gasteiger charge is 2.52. The summed E-state index contributed by atoms with van der Waals surface area (Å²) in [6.07, 6.45) is 9.47. The number of rotatable bonds is 8. The van der Waals surface area contributed by atoms with E-state index in [2.05, 4.69) is 89.6 Å². The van der Waals surface area contributed by atoms with E-state index >= 15 is 8.78 Å². The summed E-state index contributed by atoms with van der Waals surface area (Å²) in [6, 6.07) is 11.8. The van der Waals surface area contributed by atoms with E-state index in [1.165, 1.54) is 16.5 Å². The molecule has 14 heteroatoms. The molecule has 10 rings (SSSR count). The molecule has 3 atom stereocenters. The molecular formula is C49H59ClF2N10O. The number of fused-ring (bicyclic) bond motifs is 3. The van der Waals surface area contributed by atoms with Crippen LogP contribution in [0, 0.1) is 11.8 Å². The van der Waals surface area contributed by atoms with E-state index in [-0.39, 0.29) is 17.4 Å². The van der Waals surface area contributed by atoms with E-state index in [0.717, 1.165) is 112 Å². The molecule has 6 aliphatic rings. The summed E-state index contributed by atoms with van der Waals surface area (Å²) in [5.74, 6) is -0.360. The molecule has 2 unspecified atom stereocenters. The largest absolute Gasteiger partial charge is 0.483 e. The molecule has 0 radical (unpaired) electrons. The van der Waals surface area contributed by atoms with E-state index in [9.17, 15) is 0 Å². The molecule has 11 nitrogen and oxygen atoms in total. The fourth-order valence-corrected chi connectivity index (χ4v) is 10.9. The summed E-state index contributed by atoms with van der Waals surface area (Å²) in [5.41, 5.74) is 9.18. The Kier molecular flexibility index (Phi) is 10.5. The van der Waals surface area contributed by atoms with Crippen molar-refractivity contribution in [1.29, 1.82) is 0 Å². The number of likely N-dealkylation sites (N-methyl/N-ethyl adjacent to an activating group) is 1. The van der Waals surface area contributed by atoms with Crippen molar-refractivity contribution in [3.05, 3.63) is 107 Å². The minimum absolute atomic E-state index is 0.0713. The third-order valence-corrected chi connectivity index (χ3v) is 15.0. The van der Waals surface area contributed by atoms with Gasteiger partial charge in [-0.15, -0.1) is 0 Å². The van der Waals surface area contributed by atoms with Gasteiger partial charge in [-0.2, -0.15) is 10.1 Å². The predicted octanol–water partition coefficient (Wildman–Crippen LogP) is 9.80. The Hall–Kier alpha value is -5.14. The van der Waals surface area contributed by atoms with Gasteiger partial charge in [-0.05, 0) is 119 Å². The summed E-state index contributed by atoms with van der Waals surface area (Å²) < 4.78 is 38.4. The summed E-state index contributed by atoms with van der Waals surface area (Å²) in [7, 11) is 3.93. The molecule has 7 heterocycles. The first kappa shape index (κ1) is 41.8. The minimum atomic E-state index is -3.01. The Morgan fingerprint density at radius 1 is 0.984 bits per heavy atom. The Morgan fingerprint density at radius 3 is 2.52 bits per heavy atom. The zero-order chi connectivity index (χ0) is 43.9. The van der Waals surface area contributed by atoms with Crippen molar-refractivity contribution in [2.24, 2.45) is 18.9 Å². The number of allylic oxidation sites excluding steroid dienone is 2. The highest BCUT2D eigenvalue weighted by Crippen LogP contribution is 2.47. The average molecular weight is 878 g/mol. The molecule has 0 spiro atoms. The van der Waals surface area contributed by atoms with Gasteiger partial charge in [-0.1, -0.05) is 43.5 Å². The minimum Gasteiger partial charge on any atom is -0.483 e. The Labute approximate surface area is 374 Å². The van der Waals surface area contributed by atoms with E-state index in [0.29, 0.717) is 45.8 Å². The number of halogens is 3. The summed E-state index contributed by atoms with van der Waals surface area (Å²) >= 11 is 6.71. The molecule has 332 valence electrons. The van der Waals surface area contributed by atoms with Crippen molar-refractivity contribution in [2.75, 3.05) is 55.0 Å². The normalized spacial score (nSPS) is 25.3. The highest BCUT2D eigenvalue weighted by atomic mass is 35.5. The third-order valence-electron chi connectivity index (χ3n) is 14.7. The number of likely N-dealkylation sites (tertiary alicyclic amines) is 1. The van der Waals surface area contributed by atoms with Gasteiger partial charge in [0.2, 0.25) is 5.95 Å². The van der Waals surface area contributed by atoms with E-state index < -0.39 is 18.6 Å². The number of aromatic nitrogens is 4. The molecule has 3 N–H and O–H groups in total. The van der Waals surface area contributed by atoms with Crippen molar-refractivity contribution in [1.82, 2.24) is 35.3 Å². The van der Waals surface area contributed by atoms with Crippen LogP contribution in [0.2, 0.25) is 5.02 Å². The zero-order valence-corrected chi connectivity index (χ0v) is 37.7. The Bertz CT molecular complexity index is 2540. The lowest BCUT2D eigenvalue weighted by molar-refractivity contribution is -0.0823. The van der Waals surface area contributed by atoms with Crippen LogP contribution in [0.5, 0.6) is 0 Å². The molecule has 0 bridgehead atoms. The van der Waals surface area contributed by atoms with E-state index in [1.54, 1.807) is 6.20 Å². The molecule has 1 saturated carbocycles. The van der Waals surface area contributed by atoms with Gasteiger partial charge in [0.05, 0.1) is 40.5 Å². The monoisotopic (exact) mass is 876 g/mol. The van der Waals surface area contributed by atoms with Crippen LogP contribution in [0.3, 0.4) is 0 Å². The maximum atomic E-state index is 15.3. The van der Waals surface area contributed by atoms with E-state index in [4.69, 9.17) is 26.4 Å². The van der Waals surface area contributed by atoms with Gasteiger partial charge in [0, 0.05) is 73.2 Å². The average Bonchev–Trinajstić information content (AvgIpc) is 4.06. The molecule has 3 saturated heterocycles. The lowest BCUT2D eigenvalue weighted by Crippen LogP contribution is -2.52. The summed E-state index contributed by atoms with van der Waals surface area (Å²) in [6.45, 7) is 20.6. The Morgan fingerprint density at radius 2 is 1.78 bits per heavy atom. The number of benzene rings is 2. The van der Waals surface area contributed by atoms with E-state index in [1.807, 2.05) is 34.8 Å². The maximum Gasteiger partial charge on any atom is 0.301 e. The lowest BCUT2D eigenvalue weighted by Gasteiger charge is -2.48. The number of hydrogen-bond acceptors (Lipinski definition) is 10. The second-order valence-corrected chi connectivity index (χ2v) is 19.9. The fraction of sp³-hybridized carbons (Fsp3) is 0.490. The number of aryl methyl sites for hydroxylation is 1. The van der Waals surface area contributed by atoms with Gasteiger partial charge < -0.3 is 30.5 Å². The van der Waals surface area contributed by atoms with Crippen LogP contribution in [-0.2, 0) is 11.8 Å². The van der Waals surface area contributed by atoms with Crippen LogP contribution in [0.15, 0.2) is 85.2 Å². The van der Waals surface area contributed by atoms with Gasteiger partial charge in [0.25, 0.3) is 0 Å². The first-order valence-electron chi connectivity index (χ1n) is 22.6. The first-order chi connectivity index (χ1) is 30.1. The molecule has 4 aromatic rings. The zero-order valence-electron chi connectivity index (χ0n) is 36.9. The third kappa shape index (κ3) is 7.83. The SMILES string of the molecule is C=C1CCC(c2nn(C)c3cc([C@H]4CCN(CC5CCN(c6ncc(Cl)c(Nc7ccc8c(c7)C7=C(OCC(F)(F)C(C9CC9)N7)C(=C)N8C)n6)CC5)C(C)(C)C4)ccc23)C(=C)N1. The van der Waals surface area contributed by atoms with Crippen LogP contribution in [-0.4, -0.2) is 82.0 Å². The molecule has 2 aromatic carbocycles. The van der Waals surface area contributed by atoms with Crippen molar-refractivity contribution in [3.8, 4) is 0 Å². The second-order valence-electron chi connectivity index (χ2n) is 19.5. The molecule has 5 aliphatic heterocycles. The maximum absolute atomic E-state index is 15.3. The quantitative estimate of drug-likeness (QED) is 0.159.